The van der Waals surface area contributed by atoms with E-state index in [0.29, 0.717) is 24.6 Å². The monoisotopic (exact) mass is 382 g/mol. The Kier molecular flexibility index (Phi) is 5.12. The van der Waals surface area contributed by atoms with Gasteiger partial charge in [-0.3, -0.25) is 9.89 Å². The number of hydrogen-bond acceptors (Lipinski definition) is 4. The van der Waals surface area contributed by atoms with Crippen molar-refractivity contribution in [1.29, 1.82) is 0 Å². The van der Waals surface area contributed by atoms with E-state index in [-0.39, 0.29) is 18.1 Å². The average molecular weight is 382 g/mol. The number of halogens is 3. The largest absolute Gasteiger partial charge is 0.573 e. The molecular formula is C18H21F3N4O2. The summed E-state index contributed by atoms with van der Waals surface area (Å²) in [6.07, 6.45) is -2.33. The third kappa shape index (κ3) is 4.78. The highest BCUT2D eigenvalue weighted by Gasteiger charge is 2.39. The number of carbonyl (C=O) groups is 1. The summed E-state index contributed by atoms with van der Waals surface area (Å²) in [5.74, 6) is 0.810. The topological polar surface area (TPSA) is 71.1 Å². The summed E-state index contributed by atoms with van der Waals surface area (Å²) >= 11 is 0. The summed E-state index contributed by atoms with van der Waals surface area (Å²) < 4.78 is 40.7. The minimum atomic E-state index is -4.71. The Bertz CT molecular complexity index is 804. The van der Waals surface area contributed by atoms with Crippen LogP contribution < -0.4 is 4.74 Å². The van der Waals surface area contributed by atoms with Crippen LogP contribution in [0.25, 0.3) is 0 Å². The van der Waals surface area contributed by atoms with Crippen LogP contribution in [-0.4, -0.2) is 44.4 Å². The standard InChI is InChI=1S/C18H21F3N4O2/c1-12-22-15(24-23-12)10-16(26)25-9-3-8-17(25,2)11-13-4-6-14(7-5-13)27-18(19,20)21/h4-7H,3,8-11H2,1-2H3,(H,22,23,24). The second-order valence-electron chi connectivity index (χ2n) is 7.03. The van der Waals surface area contributed by atoms with E-state index in [0.717, 1.165) is 18.4 Å². The Morgan fingerprint density at radius 2 is 2.04 bits per heavy atom. The molecule has 9 heteroatoms. The minimum Gasteiger partial charge on any atom is -0.406 e. The van der Waals surface area contributed by atoms with Gasteiger partial charge in [-0.25, -0.2) is 4.98 Å². The van der Waals surface area contributed by atoms with Crippen molar-refractivity contribution in [3.63, 3.8) is 0 Å². The molecule has 1 saturated heterocycles. The fourth-order valence-electron chi connectivity index (χ4n) is 3.58. The molecule has 1 atom stereocenters. The maximum absolute atomic E-state index is 12.7. The first kappa shape index (κ1) is 19.2. The van der Waals surface area contributed by atoms with Gasteiger partial charge in [-0.15, -0.1) is 13.2 Å². The van der Waals surface area contributed by atoms with Gasteiger partial charge in [0.05, 0.1) is 6.42 Å². The van der Waals surface area contributed by atoms with E-state index >= 15 is 0 Å². The lowest BCUT2D eigenvalue weighted by Gasteiger charge is -2.35. The minimum absolute atomic E-state index is 0.0500. The van der Waals surface area contributed by atoms with Gasteiger partial charge in [0.15, 0.2) is 5.82 Å². The molecule has 1 aromatic heterocycles. The number of hydrogen-bond donors (Lipinski definition) is 1. The highest BCUT2D eigenvalue weighted by atomic mass is 19.4. The quantitative estimate of drug-likeness (QED) is 0.862. The van der Waals surface area contributed by atoms with Gasteiger partial charge in [0.2, 0.25) is 5.91 Å². The number of aromatic amines is 1. The predicted molar refractivity (Wildman–Crippen MR) is 91.0 cm³/mol. The smallest absolute Gasteiger partial charge is 0.406 e. The molecule has 0 aliphatic carbocycles. The van der Waals surface area contributed by atoms with Gasteiger partial charge >= 0.3 is 6.36 Å². The van der Waals surface area contributed by atoms with Crippen LogP contribution in [-0.2, 0) is 17.6 Å². The Morgan fingerprint density at radius 3 is 2.63 bits per heavy atom. The number of H-pyrrole nitrogens is 1. The first-order valence-corrected chi connectivity index (χ1v) is 8.68. The average Bonchev–Trinajstić information content (AvgIpc) is 3.13. The Labute approximate surface area is 154 Å². The molecule has 27 heavy (non-hydrogen) atoms. The molecular weight excluding hydrogens is 361 g/mol. The Hall–Kier alpha value is -2.58. The molecule has 1 N–H and O–H groups in total. The lowest BCUT2D eigenvalue weighted by atomic mass is 9.90. The molecule has 0 spiro atoms. The number of carbonyl (C=O) groups excluding carboxylic acids is 1. The van der Waals surface area contributed by atoms with E-state index in [9.17, 15) is 18.0 Å². The molecule has 0 bridgehead atoms. The van der Waals surface area contributed by atoms with Crippen LogP contribution >= 0.6 is 0 Å². The number of nitrogens with zero attached hydrogens (tertiary/aromatic N) is 3. The van der Waals surface area contributed by atoms with Crippen LogP contribution in [0.5, 0.6) is 5.75 Å². The maximum atomic E-state index is 12.7. The van der Waals surface area contributed by atoms with E-state index in [1.165, 1.54) is 12.1 Å². The molecule has 0 saturated carbocycles. The van der Waals surface area contributed by atoms with Crippen LogP contribution in [0, 0.1) is 6.92 Å². The van der Waals surface area contributed by atoms with Gasteiger partial charge in [-0.2, -0.15) is 5.10 Å². The van der Waals surface area contributed by atoms with Gasteiger partial charge in [-0.1, -0.05) is 12.1 Å². The third-order valence-electron chi connectivity index (χ3n) is 4.74. The Morgan fingerprint density at radius 1 is 1.33 bits per heavy atom. The number of rotatable bonds is 5. The maximum Gasteiger partial charge on any atom is 0.573 e. The lowest BCUT2D eigenvalue weighted by molar-refractivity contribution is -0.274. The normalized spacial score (nSPS) is 20.1. The zero-order valence-electron chi connectivity index (χ0n) is 15.1. The molecule has 0 radical (unpaired) electrons. The SMILES string of the molecule is Cc1nc(CC(=O)N2CCCC2(C)Cc2ccc(OC(F)(F)F)cc2)n[nH]1. The zero-order chi connectivity index (χ0) is 19.7. The summed E-state index contributed by atoms with van der Waals surface area (Å²) in [6, 6.07) is 5.80. The van der Waals surface area contributed by atoms with Crippen molar-refractivity contribution < 1.29 is 22.7 Å². The number of alkyl halides is 3. The zero-order valence-corrected chi connectivity index (χ0v) is 15.1. The van der Waals surface area contributed by atoms with Crippen LogP contribution in [0.1, 0.15) is 37.0 Å². The fraction of sp³-hybridized carbons (Fsp3) is 0.500. The number of aryl methyl sites for hydroxylation is 1. The van der Waals surface area contributed by atoms with Gasteiger partial charge in [0.25, 0.3) is 0 Å². The molecule has 1 aromatic carbocycles. The number of likely N-dealkylation sites (tertiary alicyclic amines) is 1. The van der Waals surface area contributed by atoms with Gasteiger partial charge < -0.3 is 9.64 Å². The van der Waals surface area contributed by atoms with E-state index < -0.39 is 11.9 Å². The van der Waals surface area contributed by atoms with Crippen LogP contribution in [0.3, 0.4) is 0 Å². The Balaban J connectivity index is 1.67. The van der Waals surface area contributed by atoms with Crippen molar-refractivity contribution in [2.24, 2.45) is 0 Å². The summed E-state index contributed by atoms with van der Waals surface area (Å²) in [4.78, 5) is 18.7. The molecule has 2 aromatic rings. The molecule has 3 rings (SSSR count). The predicted octanol–water partition coefficient (Wildman–Crippen LogP) is 3.18. The lowest BCUT2D eigenvalue weighted by Crippen LogP contribution is -2.47. The van der Waals surface area contributed by atoms with Crippen LogP contribution in [0.15, 0.2) is 24.3 Å². The van der Waals surface area contributed by atoms with Crippen molar-refractivity contribution in [3.8, 4) is 5.75 Å². The fourth-order valence-corrected chi connectivity index (χ4v) is 3.58. The van der Waals surface area contributed by atoms with Crippen molar-refractivity contribution in [1.82, 2.24) is 20.1 Å². The first-order chi connectivity index (χ1) is 12.6. The van der Waals surface area contributed by atoms with Crippen LogP contribution in [0.2, 0.25) is 0 Å². The molecule has 1 amide bonds. The highest BCUT2D eigenvalue weighted by molar-refractivity contribution is 5.79. The summed E-state index contributed by atoms with van der Waals surface area (Å²) in [5, 5.41) is 6.73. The summed E-state index contributed by atoms with van der Waals surface area (Å²) in [6.45, 7) is 4.42. The van der Waals surface area contributed by atoms with Crippen LogP contribution in [0.4, 0.5) is 13.2 Å². The van der Waals surface area contributed by atoms with Gasteiger partial charge in [-0.05, 0) is 50.8 Å². The van der Waals surface area contributed by atoms with Gasteiger partial charge in [0, 0.05) is 12.1 Å². The number of amides is 1. The molecule has 6 nitrogen and oxygen atoms in total. The van der Waals surface area contributed by atoms with Crippen molar-refractivity contribution in [2.75, 3.05) is 6.54 Å². The third-order valence-corrected chi connectivity index (χ3v) is 4.74. The van der Waals surface area contributed by atoms with Crippen molar-refractivity contribution >= 4 is 5.91 Å². The van der Waals surface area contributed by atoms with E-state index in [1.54, 1.807) is 19.1 Å². The molecule has 1 unspecified atom stereocenters. The van der Waals surface area contributed by atoms with E-state index in [1.807, 2.05) is 11.8 Å². The first-order valence-electron chi connectivity index (χ1n) is 8.68. The number of aromatic nitrogens is 3. The second kappa shape index (κ2) is 7.21. The van der Waals surface area contributed by atoms with Crippen molar-refractivity contribution in [2.45, 2.75) is 51.4 Å². The highest BCUT2D eigenvalue weighted by Crippen LogP contribution is 2.33. The van der Waals surface area contributed by atoms with E-state index in [2.05, 4.69) is 19.9 Å². The summed E-state index contributed by atoms with van der Waals surface area (Å²) in [5.41, 5.74) is 0.454. The number of nitrogens with one attached hydrogen (secondary N) is 1. The molecule has 2 heterocycles. The molecule has 1 fully saturated rings. The molecule has 146 valence electrons. The molecule has 1 aliphatic heterocycles. The molecule has 1 aliphatic rings. The van der Waals surface area contributed by atoms with Crippen molar-refractivity contribution in [3.05, 3.63) is 41.5 Å². The van der Waals surface area contributed by atoms with Gasteiger partial charge in [0.1, 0.15) is 11.6 Å². The second-order valence-corrected chi connectivity index (χ2v) is 7.03. The number of benzene rings is 1. The summed E-state index contributed by atoms with van der Waals surface area (Å²) in [7, 11) is 0. The van der Waals surface area contributed by atoms with E-state index in [4.69, 9.17) is 0 Å². The number of ether oxygens (including phenoxy) is 1.